The van der Waals surface area contributed by atoms with E-state index in [4.69, 9.17) is 4.74 Å². The number of morpholine rings is 1. The second-order valence-corrected chi connectivity index (χ2v) is 4.57. The van der Waals surface area contributed by atoms with Crippen molar-refractivity contribution in [3.63, 3.8) is 0 Å². The van der Waals surface area contributed by atoms with Gasteiger partial charge in [0.05, 0.1) is 19.8 Å². The molecule has 1 amide bonds. The van der Waals surface area contributed by atoms with Gasteiger partial charge in [0.2, 0.25) is 5.91 Å². The first-order chi connectivity index (χ1) is 9.29. The lowest BCUT2D eigenvalue weighted by atomic mass is 10.2. The molecule has 0 atom stereocenters. The molecule has 5 heteroatoms. The number of rotatable bonds is 5. The molecule has 0 unspecified atom stereocenters. The van der Waals surface area contributed by atoms with Gasteiger partial charge in [0, 0.05) is 25.3 Å². The first-order valence-corrected chi connectivity index (χ1v) is 6.62. The molecule has 2 rings (SSSR count). The summed E-state index contributed by atoms with van der Waals surface area (Å²) >= 11 is 0. The van der Waals surface area contributed by atoms with Crippen molar-refractivity contribution in [1.29, 1.82) is 0 Å². The molecule has 1 heterocycles. The number of hydrogen-bond acceptors (Lipinski definition) is 4. The molecule has 0 aromatic heterocycles. The lowest BCUT2D eigenvalue weighted by Gasteiger charge is -2.28. The smallest absolute Gasteiger partial charge is 0.234 e. The first kappa shape index (κ1) is 13.8. The van der Waals surface area contributed by atoms with Gasteiger partial charge in [-0.2, -0.15) is 0 Å². The number of amides is 1. The summed E-state index contributed by atoms with van der Waals surface area (Å²) in [5.74, 6) is 0.0137. The van der Waals surface area contributed by atoms with Crippen LogP contribution in [-0.2, 0) is 16.1 Å². The standard InChI is InChI=1S/C14H21N3O2/c1-15-11-14(18)16-10-12-2-4-13(5-3-12)17-6-8-19-9-7-17/h2-5,15H,6-11H2,1H3,(H,16,18). The van der Waals surface area contributed by atoms with Gasteiger partial charge in [-0.15, -0.1) is 0 Å². The monoisotopic (exact) mass is 263 g/mol. The van der Waals surface area contributed by atoms with Crippen molar-refractivity contribution in [3.05, 3.63) is 29.8 Å². The molecule has 1 aliphatic heterocycles. The molecular formula is C14H21N3O2. The van der Waals surface area contributed by atoms with Crippen LogP contribution in [0.3, 0.4) is 0 Å². The Hall–Kier alpha value is -1.59. The van der Waals surface area contributed by atoms with E-state index in [0.29, 0.717) is 13.1 Å². The number of carbonyl (C=O) groups excluding carboxylic acids is 1. The Morgan fingerprint density at radius 1 is 1.26 bits per heavy atom. The van der Waals surface area contributed by atoms with Crippen molar-refractivity contribution in [2.45, 2.75) is 6.54 Å². The van der Waals surface area contributed by atoms with E-state index in [1.807, 2.05) is 0 Å². The summed E-state index contributed by atoms with van der Waals surface area (Å²) in [6.07, 6.45) is 0. The number of ether oxygens (including phenoxy) is 1. The summed E-state index contributed by atoms with van der Waals surface area (Å²) in [6, 6.07) is 8.32. The minimum absolute atomic E-state index is 0.0137. The highest BCUT2D eigenvalue weighted by Gasteiger charge is 2.10. The van der Waals surface area contributed by atoms with Crippen LogP contribution in [0.2, 0.25) is 0 Å². The Balaban J connectivity index is 1.85. The van der Waals surface area contributed by atoms with E-state index in [1.54, 1.807) is 7.05 Å². The maximum atomic E-state index is 11.3. The van der Waals surface area contributed by atoms with Crippen LogP contribution < -0.4 is 15.5 Å². The van der Waals surface area contributed by atoms with E-state index in [-0.39, 0.29) is 5.91 Å². The lowest BCUT2D eigenvalue weighted by molar-refractivity contribution is -0.120. The van der Waals surface area contributed by atoms with Crippen LogP contribution in [0.4, 0.5) is 5.69 Å². The highest BCUT2D eigenvalue weighted by Crippen LogP contribution is 2.16. The van der Waals surface area contributed by atoms with Gasteiger partial charge in [-0.1, -0.05) is 12.1 Å². The molecular weight excluding hydrogens is 242 g/mol. The van der Waals surface area contributed by atoms with E-state index in [2.05, 4.69) is 39.8 Å². The quantitative estimate of drug-likeness (QED) is 0.805. The summed E-state index contributed by atoms with van der Waals surface area (Å²) in [5.41, 5.74) is 2.33. The third-order valence-electron chi connectivity index (χ3n) is 3.14. The van der Waals surface area contributed by atoms with E-state index in [1.165, 1.54) is 5.69 Å². The van der Waals surface area contributed by atoms with E-state index < -0.39 is 0 Å². The molecule has 1 aromatic carbocycles. The number of nitrogens with one attached hydrogen (secondary N) is 2. The van der Waals surface area contributed by atoms with Crippen molar-refractivity contribution >= 4 is 11.6 Å². The summed E-state index contributed by atoms with van der Waals surface area (Å²) in [4.78, 5) is 13.6. The van der Waals surface area contributed by atoms with Gasteiger partial charge in [-0.05, 0) is 24.7 Å². The Bertz CT molecular complexity index is 400. The second kappa shape index (κ2) is 7.11. The lowest BCUT2D eigenvalue weighted by Crippen LogP contribution is -2.36. The summed E-state index contributed by atoms with van der Waals surface area (Å²) < 4.78 is 5.34. The van der Waals surface area contributed by atoms with Crippen molar-refractivity contribution in [3.8, 4) is 0 Å². The summed E-state index contributed by atoms with van der Waals surface area (Å²) in [6.45, 7) is 4.40. The average molecular weight is 263 g/mol. The van der Waals surface area contributed by atoms with Gasteiger partial charge in [0.25, 0.3) is 0 Å². The summed E-state index contributed by atoms with van der Waals surface area (Å²) in [5, 5.41) is 5.69. The van der Waals surface area contributed by atoms with Gasteiger partial charge < -0.3 is 20.3 Å². The van der Waals surface area contributed by atoms with Gasteiger partial charge >= 0.3 is 0 Å². The number of likely N-dealkylation sites (N-methyl/N-ethyl adjacent to an activating group) is 1. The third-order valence-corrected chi connectivity index (χ3v) is 3.14. The second-order valence-electron chi connectivity index (χ2n) is 4.57. The maximum absolute atomic E-state index is 11.3. The van der Waals surface area contributed by atoms with Crippen LogP contribution in [0.1, 0.15) is 5.56 Å². The Morgan fingerprint density at radius 2 is 1.95 bits per heavy atom. The zero-order valence-electron chi connectivity index (χ0n) is 11.3. The number of benzene rings is 1. The minimum atomic E-state index is 0.0137. The van der Waals surface area contributed by atoms with E-state index in [9.17, 15) is 4.79 Å². The Kier molecular flexibility index (Phi) is 5.18. The number of anilines is 1. The molecule has 1 saturated heterocycles. The number of hydrogen-bond donors (Lipinski definition) is 2. The molecule has 0 radical (unpaired) electrons. The zero-order valence-corrected chi connectivity index (χ0v) is 11.3. The predicted octanol–water partition coefficient (Wildman–Crippen LogP) is 0.359. The average Bonchev–Trinajstić information content (AvgIpc) is 2.47. The molecule has 104 valence electrons. The number of nitrogens with zero attached hydrogens (tertiary/aromatic N) is 1. The van der Waals surface area contributed by atoms with Crippen LogP contribution in [0.5, 0.6) is 0 Å². The molecule has 2 N–H and O–H groups in total. The van der Waals surface area contributed by atoms with Crippen LogP contribution in [0, 0.1) is 0 Å². The SMILES string of the molecule is CNCC(=O)NCc1ccc(N2CCOCC2)cc1. The molecule has 5 nitrogen and oxygen atoms in total. The fourth-order valence-corrected chi connectivity index (χ4v) is 2.07. The predicted molar refractivity (Wildman–Crippen MR) is 75.2 cm³/mol. The van der Waals surface area contributed by atoms with Crippen molar-refractivity contribution in [1.82, 2.24) is 10.6 Å². The van der Waals surface area contributed by atoms with Crippen LogP contribution >= 0.6 is 0 Å². The van der Waals surface area contributed by atoms with Gasteiger partial charge in [-0.3, -0.25) is 4.79 Å². The highest BCUT2D eigenvalue weighted by atomic mass is 16.5. The molecule has 0 saturated carbocycles. The molecule has 19 heavy (non-hydrogen) atoms. The van der Waals surface area contributed by atoms with Crippen LogP contribution in [0.15, 0.2) is 24.3 Å². The van der Waals surface area contributed by atoms with Gasteiger partial charge in [-0.25, -0.2) is 0 Å². The fraction of sp³-hybridized carbons (Fsp3) is 0.500. The molecule has 1 aromatic rings. The van der Waals surface area contributed by atoms with Crippen LogP contribution in [-0.4, -0.2) is 45.8 Å². The van der Waals surface area contributed by atoms with Crippen molar-refractivity contribution < 1.29 is 9.53 Å². The summed E-state index contributed by atoms with van der Waals surface area (Å²) in [7, 11) is 1.76. The normalized spacial score (nSPS) is 15.3. The van der Waals surface area contributed by atoms with Crippen LogP contribution in [0.25, 0.3) is 0 Å². The maximum Gasteiger partial charge on any atom is 0.234 e. The number of carbonyl (C=O) groups is 1. The molecule has 1 aliphatic rings. The molecule has 0 bridgehead atoms. The molecule has 0 aliphatic carbocycles. The van der Waals surface area contributed by atoms with Gasteiger partial charge in [0.15, 0.2) is 0 Å². The van der Waals surface area contributed by atoms with Gasteiger partial charge in [0.1, 0.15) is 0 Å². The largest absolute Gasteiger partial charge is 0.378 e. The highest BCUT2D eigenvalue weighted by molar-refractivity contribution is 5.77. The van der Waals surface area contributed by atoms with Crippen molar-refractivity contribution in [2.75, 3.05) is 44.8 Å². The topological polar surface area (TPSA) is 53.6 Å². The first-order valence-electron chi connectivity index (χ1n) is 6.62. The Morgan fingerprint density at radius 3 is 2.58 bits per heavy atom. The van der Waals surface area contributed by atoms with Crippen molar-refractivity contribution in [2.24, 2.45) is 0 Å². The minimum Gasteiger partial charge on any atom is -0.378 e. The fourth-order valence-electron chi connectivity index (χ4n) is 2.07. The molecule has 1 fully saturated rings. The van der Waals surface area contributed by atoms with E-state index >= 15 is 0 Å². The third kappa shape index (κ3) is 4.22. The Labute approximate surface area is 113 Å². The zero-order chi connectivity index (χ0) is 13.5. The van der Waals surface area contributed by atoms with E-state index in [0.717, 1.165) is 31.9 Å². The molecule has 0 spiro atoms.